The van der Waals surface area contributed by atoms with Crippen molar-refractivity contribution >= 4 is 0 Å². The second kappa shape index (κ2) is 2.88. The van der Waals surface area contributed by atoms with Gasteiger partial charge < -0.3 is 11.5 Å². The van der Waals surface area contributed by atoms with Gasteiger partial charge in [0.15, 0.2) is 0 Å². The zero-order chi connectivity index (χ0) is 9.35. The molecule has 1 aromatic carbocycles. The molecular formula is C10H16N2. The molecule has 2 nitrogen and oxygen atoms in total. The van der Waals surface area contributed by atoms with Gasteiger partial charge in [-0.1, -0.05) is 23.8 Å². The van der Waals surface area contributed by atoms with Crippen LogP contribution >= 0.6 is 0 Å². The summed E-state index contributed by atoms with van der Waals surface area (Å²) in [6, 6.07) is 6.11. The average Bonchev–Trinajstić information content (AvgIpc) is 1.83. The summed E-state index contributed by atoms with van der Waals surface area (Å²) in [5.41, 5.74) is 14.2. The fraction of sp³-hybridized carbons (Fsp3) is 0.400. The average molecular weight is 164 g/mol. The summed E-state index contributed by atoms with van der Waals surface area (Å²) in [5.74, 6) is 0. The van der Waals surface area contributed by atoms with Crippen molar-refractivity contribution in [2.24, 2.45) is 11.5 Å². The van der Waals surface area contributed by atoms with E-state index in [0.29, 0.717) is 0 Å². The number of nitrogens with two attached hydrogens (primary N) is 2. The molecule has 12 heavy (non-hydrogen) atoms. The highest BCUT2D eigenvalue weighted by atomic mass is 14.9. The lowest BCUT2D eigenvalue weighted by molar-refractivity contribution is 0.517. The van der Waals surface area contributed by atoms with E-state index in [1.807, 2.05) is 26.0 Å². The molecule has 0 atom stereocenters. The van der Waals surface area contributed by atoms with Gasteiger partial charge in [0, 0.05) is 0 Å². The zero-order valence-corrected chi connectivity index (χ0v) is 7.89. The van der Waals surface area contributed by atoms with E-state index in [1.54, 1.807) is 0 Å². The molecule has 0 unspecified atom stereocenters. The van der Waals surface area contributed by atoms with E-state index in [-0.39, 0.29) is 0 Å². The Bertz CT molecular complexity index is 284. The lowest BCUT2D eigenvalue weighted by atomic mass is 9.97. The van der Waals surface area contributed by atoms with E-state index in [0.717, 1.165) is 11.1 Å². The molecular weight excluding hydrogens is 148 g/mol. The Balaban J connectivity index is 3.19. The SMILES string of the molecule is Cc1ccc(C(C)(N)N)c(C)c1. The van der Waals surface area contributed by atoms with Gasteiger partial charge in [0.1, 0.15) is 0 Å². The molecule has 0 aliphatic rings. The van der Waals surface area contributed by atoms with Crippen molar-refractivity contribution < 1.29 is 0 Å². The number of hydrogen-bond donors (Lipinski definition) is 2. The van der Waals surface area contributed by atoms with Crippen LogP contribution in [-0.2, 0) is 5.66 Å². The maximum Gasteiger partial charge on any atom is 0.0872 e. The first kappa shape index (κ1) is 9.23. The number of hydrogen-bond acceptors (Lipinski definition) is 2. The van der Waals surface area contributed by atoms with Crippen LogP contribution in [0.2, 0.25) is 0 Å². The Morgan fingerprint density at radius 3 is 2.17 bits per heavy atom. The first-order valence-electron chi connectivity index (χ1n) is 4.07. The number of benzene rings is 1. The standard InChI is InChI=1S/C10H16N2/c1-7-4-5-9(8(2)6-7)10(3,11)12/h4-6H,11-12H2,1-3H3. The third-order valence-corrected chi connectivity index (χ3v) is 1.96. The van der Waals surface area contributed by atoms with Crippen molar-refractivity contribution in [2.45, 2.75) is 26.4 Å². The Kier molecular flexibility index (Phi) is 2.22. The molecule has 0 saturated heterocycles. The van der Waals surface area contributed by atoms with Gasteiger partial charge in [0.25, 0.3) is 0 Å². The van der Waals surface area contributed by atoms with Crippen LogP contribution in [0.25, 0.3) is 0 Å². The quantitative estimate of drug-likeness (QED) is 0.616. The lowest BCUT2D eigenvalue weighted by Gasteiger charge is -2.21. The van der Waals surface area contributed by atoms with E-state index in [9.17, 15) is 0 Å². The van der Waals surface area contributed by atoms with Crippen LogP contribution in [0, 0.1) is 13.8 Å². The summed E-state index contributed by atoms with van der Waals surface area (Å²) in [4.78, 5) is 0. The molecule has 0 bridgehead atoms. The molecule has 0 radical (unpaired) electrons. The van der Waals surface area contributed by atoms with Crippen LogP contribution < -0.4 is 11.5 Å². The number of rotatable bonds is 1. The van der Waals surface area contributed by atoms with Gasteiger partial charge in [-0.05, 0) is 31.9 Å². The van der Waals surface area contributed by atoms with E-state index in [1.165, 1.54) is 5.56 Å². The number of aryl methyl sites for hydroxylation is 2. The van der Waals surface area contributed by atoms with Crippen molar-refractivity contribution in [3.05, 3.63) is 34.9 Å². The monoisotopic (exact) mass is 164 g/mol. The van der Waals surface area contributed by atoms with Gasteiger partial charge >= 0.3 is 0 Å². The molecule has 1 aromatic rings. The van der Waals surface area contributed by atoms with Crippen molar-refractivity contribution in [2.75, 3.05) is 0 Å². The normalized spacial score (nSPS) is 11.8. The molecule has 0 fully saturated rings. The maximum atomic E-state index is 5.79. The lowest BCUT2D eigenvalue weighted by Crippen LogP contribution is -2.43. The zero-order valence-electron chi connectivity index (χ0n) is 7.89. The molecule has 2 heteroatoms. The predicted molar refractivity (Wildman–Crippen MR) is 51.6 cm³/mol. The van der Waals surface area contributed by atoms with Crippen molar-refractivity contribution in [3.8, 4) is 0 Å². The molecule has 0 saturated carbocycles. The van der Waals surface area contributed by atoms with Gasteiger partial charge in [-0.2, -0.15) is 0 Å². The van der Waals surface area contributed by atoms with E-state index >= 15 is 0 Å². The Morgan fingerprint density at radius 2 is 1.75 bits per heavy atom. The predicted octanol–water partition coefficient (Wildman–Crippen LogP) is 1.39. The third kappa shape index (κ3) is 1.84. The van der Waals surface area contributed by atoms with Crippen molar-refractivity contribution in [3.63, 3.8) is 0 Å². The highest BCUT2D eigenvalue weighted by Crippen LogP contribution is 2.17. The minimum absolute atomic E-state index is 0.724. The van der Waals surface area contributed by atoms with E-state index < -0.39 is 5.66 Å². The summed E-state index contributed by atoms with van der Waals surface area (Å²) < 4.78 is 0. The maximum absolute atomic E-state index is 5.79. The highest BCUT2D eigenvalue weighted by molar-refractivity contribution is 5.34. The smallest absolute Gasteiger partial charge is 0.0872 e. The van der Waals surface area contributed by atoms with Gasteiger partial charge in [-0.25, -0.2) is 0 Å². The summed E-state index contributed by atoms with van der Waals surface area (Å²) in [5, 5.41) is 0. The molecule has 0 aliphatic heterocycles. The largest absolute Gasteiger partial charge is 0.310 e. The molecule has 0 heterocycles. The topological polar surface area (TPSA) is 52.0 Å². The Labute approximate surface area is 73.6 Å². The minimum atomic E-state index is -0.724. The molecule has 4 N–H and O–H groups in total. The highest BCUT2D eigenvalue weighted by Gasteiger charge is 2.16. The van der Waals surface area contributed by atoms with Crippen LogP contribution in [0.4, 0.5) is 0 Å². The van der Waals surface area contributed by atoms with E-state index in [4.69, 9.17) is 11.5 Å². The molecule has 0 aliphatic carbocycles. The fourth-order valence-corrected chi connectivity index (χ4v) is 1.42. The first-order valence-corrected chi connectivity index (χ1v) is 4.07. The Hall–Kier alpha value is -0.860. The molecule has 0 aromatic heterocycles. The molecule has 66 valence electrons. The second-order valence-electron chi connectivity index (χ2n) is 3.60. The van der Waals surface area contributed by atoms with Gasteiger partial charge in [-0.15, -0.1) is 0 Å². The van der Waals surface area contributed by atoms with Crippen LogP contribution in [0.3, 0.4) is 0 Å². The summed E-state index contributed by atoms with van der Waals surface area (Å²) in [6.07, 6.45) is 0. The van der Waals surface area contributed by atoms with E-state index in [2.05, 4.69) is 13.0 Å². The summed E-state index contributed by atoms with van der Waals surface area (Å²) >= 11 is 0. The first-order chi connectivity index (χ1) is 5.41. The summed E-state index contributed by atoms with van der Waals surface area (Å²) in [6.45, 7) is 5.89. The second-order valence-corrected chi connectivity index (χ2v) is 3.60. The van der Waals surface area contributed by atoms with Crippen LogP contribution in [0.1, 0.15) is 23.6 Å². The molecule has 0 amide bonds. The molecule has 0 spiro atoms. The van der Waals surface area contributed by atoms with Gasteiger partial charge in [0.2, 0.25) is 0 Å². The van der Waals surface area contributed by atoms with Crippen LogP contribution in [-0.4, -0.2) is 0 Å². The Morgan fingerprint density at radius 1 is 1.17 bits per heavy atom. The van der Waals surface area contributed by atoms with Crippen LogP contribution in [0.5, 0.6) is 0 Å². The molecule has 1 rings (SSSR count). The minimum Gasteiger partial charge on any atom is -0.310 e. The van der Waals surface area contributed by atoms with Crippen LogP contribution in [0.15, 0.2) is 18.2 Å². The fourth-order valence-electron chi connectivity index (χ4n) is 1.42. The van der Waals surface area contributed by atoms with Crippen molar-refractivity contribution in [1.29, 1.82) is 0 Å². The van der Waals surface area contributed by atoms with Gasteiger partial charge in [-0.3, -0.25) is 0 Å². The third-order valence-electron chi connectivity index (χ3n) is 1.96. The van der Waals surface area contributed by atoms with Gasteiger partial charge in [0.05, 0.1) is 5.66 Å². The summed E-state index contributed by atoms with van der Waals surface area (Å²) in [7, 11) is 0. The van der Waals surface area contributed by atoms with Crippen molar-refractivity contribution in [1.82, 2.24) is 0 Å².